The molecule has 0 rings (SSSR count). The predicted octanol–water partition coefficient (Wildman–Crippen LogP) is 2.87. The highest BCUT2D eigenvalue weighted by Gasteiger charge is 2.54. The Balaban J connectivity index is 4.86. The number of allylic oxidation sites excluding steroid dienone is 2. The van der Waals surface area contributed by atoms with Crippen molar-refractivity contribution in [2.45, 2.75) is 19.3 Å². The first-order valence-corrected chi connectivity index (χ1v) is 3.37. The number of hydrogen-bond donors (Lipinski definition) is 0. The van der Waals surface area contributed by atoms with E-state index >= 15 is 0 Å². The summed E-state index contributed by atoms with van der Waals surface area (Å²) in [4.78, 5) is 10.2. The molecule has 0 saturated heterocycles. The lowest BCUT2D eigenvalue weighted by Crippen LogP contribution is -2.34. The van der Waals surface area contributed by atoms with Gasteiger partial charge in [0.15, 0.2) is 11.7 Å². The molecule has 7 heteroatoms. The second-order valence-electron chi connectivity index (χ2n) is 2.53. The van der Waals surface area contributed by atoms with E-state index in [9.17, 15) is 31.1 Å². The highest BCUT2D eigenvalue weighted by Crippen LogP contribution is 2.39. The molecule has 0 aromatic heterocycles. The number of carbonyl (C=O) groups is 1. The lowest BCUT2D eigenvalue weighted by Gasteiger charge is -2.19. The Morgan fingerprint density at radius 1 is 1.07 bits per heavy atom. The van der Waals surface area contributed by atoms with Gasteiger partial charge >= 0.3 is 12.4 Å². The molecule has 0 aromatic rings. The second-order valence-corrected chi connectivity index (χ2v) is 2.53. The Hall–Kier alpha value is -1.01. The zero-order valence-electron chi connectivity index (χ0n) is 6.91. The van der Waals surface area contributed by atoms with E-state index in [1.807, 2.05) is 0 Å². The predicted molar refractivity (Wildman–Crippen MR) is 35.4 cm³/mol. The van der Waals surface area contributed by atoms with Crippen molar-refractivity contribution < 1.29 is 31.1 Å². The number of carbonyl (C=O) groups excluding carboxylic acids is 1. The summed E-state index contributed by atoms with van der Waals surface area (Å²) >= 11 is 0. The average molecular weight is 220 g/mol. The van der Waals surface area contributed by atoms with Gasteiger partial charge in [0.25, 0.3) is 0 Å². The molecule has 0 amide bonds. The van der Waals surface area contributed by atoms with Gasteiger partial charge < -0.3 is 0 Å². The molecule has 0 spiro atoms. The third kappa shape index (κ3) is 4.29. The molecule has 0 aliphatic carbocycles. The number of rotatable bonds is 2. The summed E-state index contributed by atoms with van der Waals surface area (Å²) in [7, 11) is 0. The molecule has 82 valence electrons. The van der Waals surface area contributed by atoms with Gasteiger partial charge in [-0.05, 0) is 13.0 Å². The van der Waals surface area contributed by atoms with Crippen LogP contribution in [0.2, 0.25) is 0 Å². The molecule has 0 atom stereocenters. The van der Waals surface area contributed by atoms with Crippen LogP contribution in [0.4, 0.5) is 26.3 Å². The monoisotopic (exact) mass is 220 g/mol. The van der Waals surface area contributed by atoms with Crippen LogP contribution in [-0.2, 0) is 4.79 Å². The van der Waals surface area contributed by atoms with Crippen molar-refractivity contribution in [1.29, 1.82) is 0 Å². The van der Waals surface area contributed by atoms with Gasteiger partial charge in [-0.1, -0.05) is 6.08 Å². The van der Waals surface area contributed by atoms with E-state index < -0.39 is 24.1 Å². The fourth-order valence-electron chi connectivity index (χ4n) is 0.636. The van der Waals surface area contributed by atoms with Gasteiger partial charge in [-0.15, -0.1) is 0 Å². The van der Waals surface area contributed by atoms with Crippen LogP contribution in [0.5, 0.6) is 0 Å². The number of ketones is 1. The van der Waals surface area contributed by atoms with E-state index in [0.29, 0.717) is 0 Å². The molecule has 0 aliphatic heterocycles. The molecular weight excluding hydrogens is 214 g/mol. The van der Waals surface area contributed by atoms with E-state index in [0.717, 1.165) is 6.92 Å². The number of halogens is 6. The van der Waals surface area contributed by atoms with E-state index in [-0.39, 0.29) is 12.2 Å². The fourth-order valence-corrected chi connectivity index (χ4v) is 0.636. The molecule has 0 radical (unpaired) electrons. The maximum atomic E-state index is 11.8. The topological polar surface area (TPSA) is 17.1 Å². The van der Waals surface area contributed by atoms with Crippen LogP contribution in [0.25, 0.3) is 0 Å². The molecule has 0 N–H and O–H groups in total. The van der Waals surface area contributed by atoms with Gasteiger partial charge in [0.1, 0.15) is 0 Å². The van der Waals surface area contributed by atoms with Crippen LogP contribution in [-0.4, -0.2) is 18.1 Å². The standard InChI is InChI=1S/C7H6F6O/c1-4(14)2-3-5(6(8,9)10)7(11,12)13/h2-3,5H,1H3/b3-2+. The molecular formula is C7H6F6O. The van der Waals surface area contributed by atoms with E-state index in [1.165, 1.54) is 0 Å². The minimum atomic E-state index is -5.43. The normalized spacial score (nSPS) is 14.0. The minimum absolute atomic E-state index is 0.192. The Morgan fingerprint density at radius 2 is 1.43 bits per heavy atom. The molecule has 14 heavy (non-hydrogen) atoms. The third-order valence-corrected chi connectivity index (χ3v) is 1.23. The zero-order valence-corrected chi connectivity index (χ0v) is 6.91. The molecule has 0 aromatic carbocycles. The lowest BCUT2D eigenvalue weighted by molar-refractivity contribution is -0.267. The summed E-state index contributed by atoms with van der Waals surface area (Å²) in [6.07, 6.45) is -10.8. The van der Waals surface area contributed by atoms with Crippen LogP contribution in [0.3, 0.4) is 0 Å². The van der Waals surface area contributed by atoms with Gasteiger partial charge in [-0.25, -0.2) is 0 Å². The minimum Gasteiger partial charge on any atom is -0.295 e. The van der Waals surface area contributed by atoms with Crippen molar-refractivity contribution in [3.8, 4) is 0 Å². The van der Waals surface area contributed by atoms with E-state index in [1.54, 1.807) is 0 Å². The molecule has 0 aliphatic rings. The lowest BCUT2D eigenvalue weighted by atomic mass is 10.1. The maximum absolute atomic E-state index is 11.8. The highest BCUT2D eigenvalue weighted by molar-refractivity contribution is 5.87. The summed E-state index contributed by atoms with van der Waals surface area (Å²) in [5, 5.41) is 0. The van der Waals surface area contributed by atoms with Crippen molar-refractivity contribution in [2.75, 3.05) is 0 Å². The summed E-state index contributed by atoms with van der Waals surface area (Å²) in [6, 6.07) is 0. The van der Waals surface area contributed by atoms with Crippen molar-refractivity contribution in [3.63, 3.8) is 0 Å². The van der Waals surface area contributed by atoms with Crippen molar-refractivity contribution in [1.82, 2.24) is 0 Å². The summed E-state index contributed by atoms with van der Waals surface area (Å²) < 4.78 is 70.7. The molecule has 0 saturated carbocycles. The summed E-state index contributed by atoms with van der Waals surface area (Å²) in [6.45, 7) is 0.861. The van der Waals surface area contributed by atoms with Crippen LogP contribution in [0.15, 0.2) is 12.2 Å². The molecule has 0 bridgehead atoms. The third-order valence-electron chi connectivity index (χ3n) is 1.23. The molecule has 0 heterocycles. The van der Waals surface area contributed by atoms with Gasteiger partial charge in [0.2, 0.25) is 0 Å². The molecule has 1 nitrogen and oxygen atoms in total. The smallest absolute Gasteiger partial charge is 0.295 e. The zero-order chi connectivity index (χ0) is 11.6. The van der Waals surface area contributed by atoms with Crippen molar-refractivity contribution in [2.24, 2.45) is 5.92 Å². The molecule has 0 unspecified atom stereocenters. The number of hydrogen-bond acceptors (Lipinski definition) is 1. The average Bonchev–Trinajstić information content (AvgIpc) is 1.78. The van der Waals surface area contributed by atoms with Crippen LogP contribution >= 0.6 is 0 Å². The Labute approximate surface area is 75.4 Å². The van der Waals surface area contributed by atoms with Crippen LogP contribution in [0.1, 0.15) is 6.92 Å². The first-order chi connectivity index (χ1) is 6.05. The number of alkyl halides is 6. The van der Waals surface area contributed by atoms with Crippen LogP contribution < -0.4 is 0 Å². The van der Waals surface area contributed by atoms with Gasteiger partial charge in [0, 0.05) is 0 Å². The summed E-state index contributed by atoms with van der Waals surface area (Å²) in [5.74, 6) is -4.46. The van der Waals surface area contributed by atoms with Crippen molar-refractivity contribution >= 4 is 5.78 Å². The van der Waals surface area contributed by atoms with E-state index in [2.05, 4.69) is 0 Å². The first kappa shape index (κ1) is 13.0. The van der Waals surface area contributed by atoms with E-state index in [4.69, 9.17) is 0 Å². The second kappa shape index (κ2) is 4.02. The molecule has 0 fully saturated rings. The fraction of sp³-hybridized carbons (Fsp3) is 0.571. The summed E-state index contributed by atoms with van der Waals surface area (Å²) in [5.41, 5.74) is 0. The SMILES string of the molecule is CC(=O)/C=C/C(C(F)(F)F)C(F)(F)F. The van der Waals surface area contributed by atoms with Gasteiger partial charge in [-0.2, -0.15) is 26.3 Å². The Bertz CT molecular complexity index is 222. The first-order valence-electron chi connectivity index (χ1n) is 3.37. The highest BCUT2D eigenvalue weighted by atomic mass is 19.4. The largest absolute Gasteiger partial charge is 0.403 e. The Morgan fingerprint density at radius 3 is 1.64 bits per heavy atom. The van der Waals surface area contributed by atoms with Gasteiger partial charge in [-0.3, -0.25) is 4.79 Å². The van der Waals surface area contributed by atoms with Crippen molar-refractivity contribution in [3.05, 3.63) is 12.2 Å². The Kier molecular flexibility index (Phi) is 3.73. The van der Waals surface area contributed by atoms with Gasteiger partial charge in [0.05, 0.1) is 0 Å². The maximum Gasteiger partial charge on any atom is 0.403 e. The quantitative estimate of drug-likeness (QED) is 0.516. The van der Waals surface area contributed by atoms with Crippen LogP contribution in [0, 0.1) is 5.92 Å².